The van der Waals surface area contributed by atoms with Gasteiger partial charge in [0, 0.05) is 12.8 Å². The van der Waals surface area contributed by atoms with Gasteiger partial charge < -0.3 is 30.7 Å². The third-order valence-corrected chi connectivity index (χ3v) is 5.69. The first-order chi connectivity index (χ1) is 18.5. The molecular formula is C30H46N2O6. The number of carbonyl (C=O) groups is 2. The Hall–Kier alpha value is -2.78. The number of hydrogen-bond donors (Lipinski definition) is 5. The molecule has 0 aromatic rings. The maximum Gasteiger partial charge on any atom is 0.239 e. The minimum absolute atomic E-state index is 0.0504. The Morgan fingerprint density at radius 3 is 1.79 bits per heavy atom. The predicted octanol–water partition coefficient (Wildman–Crippen LogP) is 3.53. The van der Waals surface area contributed by atoms with Crippen molar-refractivity contribution in [2.75, 3.05) is 13.2 Å². The van der Waals surface area contributed by atoms with Gasteiger partial charge in [-0.25, -0.2) is 0 Å². The first-order valence-electron chi connectivity index (χ1n) is 13.6. The molecule has 1 rings (SSSR count). The van der Waals surface area contributed by atoms with E-state index in [1.54, 1.807) is 0 Å². The highest BCUT2D eigenvalue weighted by Crippen LogP contribution is 2.18. The van der Waals surface area contributed by atoms with Gasteiger partial charge in [-0.05, 0) is 44.9 Å². The van der Waals surface area contributed by atoms with Gasteiger partial charge in [0.1, 0.15) is 6.10 Å². The second-order valence-electron chi connectivity index (χ2n) is 8.96. The van der Waals surface area contributed by atoms with E-state index in [0.717, 1.165) is 38.5 Å². The van der Waals surface area contributed by atoms with Gasteiger partial charge in [0.05, 0.1) is 25.3 Å². The molecule has 2 amide bonds. The Bertz CT molecular complexity index is 831. The number of aliphatic hydroxyl groups is 3. The van der Waals surface area contributed by atoms with Crippen molar-refractivity contribution in [3.8, 4) is 0 Å². The number of carbonyl (C=O) groups excluding carboxylic acids is 2. The van der Waals surface area contributed by atoms with E-state index in [1.807, 2.05) is 12.2 Å². The third kappa shape index (κ3) is 16.9. The Labute approximate surface area is 227 Å². The second kappa shape index (κ2) is 22.2. The predicted molar refractivity (Wildman–Crippen MR) is 151 cm³/mol. The Kier molecular flexibility index (Phi) is 19.4. The number of aliphatic hydroxyl groups excluding tert-OH is 3. The maximum absolute atomic E-state index is 12.0. The molecule has 1 heterocycles. The van der Waals surface area contributed by atoms with Crippen molar-refractivity contribution >= 4 is 11.8 Å². The third-order valence-electron chi connectivity index (χ3n) is 5.69. The number of nitrogens with one attached hydrogen (secondary N) is 2. The quantitative estimate of drug-likeness (QED) is 0.173. The highest BCUT2D eigenvalue weighted by Gasteiger charge is 2.36. The molecule has 38 heavy (non-hydrogen) atoms. The summed E-state index contributed by atoms with van der Waals surface area (Å²) in [7, 11) is 0. The maximum atomic E-state index is 12.0. The lowest BCUT2D eigenvalue weighted by molar-refractivity contribution is -0.221. The minimum Gasteiger partial charge on any atom is -0.394 e. The normalized spacial score (nSPS) is 22.6. The molecule has 0 saturated carbocycles. The van der Waals surface area contributed by atoms with Crippen molar-refractivity contribution < 1.29 is 29.6 Å². The molecular weight excluding hydrogens is 484 g/mol. The van der Waals surface area contributed by atoms with Gasteiger partial charge in [-0.1, -0.05) is 79.8 Å². The number of amides is 2. The van der Waals surface area contributed by atoms with Gasteiger partial charge in [-0.15, -0.1) is 0 Å². The molecule has 1 fully saturated rings. The van der Waals surface area contributed by atoms with Crippen LogP contribution in [0.25, 0.3) is 0 Å². The van der Waals surface area contributed by atoms with Crippen LogP contribution in [0.2, 0.25) is 0 Å². The molecule has 0 radical (unpaired) electrons. The van der Waals surface area contributed by atoms with E-state index in [1.165, 1.54) is 0 Å². The summed E-state index contributed by atoms with van der Waals surface area (Å²) < 4.78 is 5.07. The molecule has 1 saturated heterocycles. The molecule has 4 atom stereocenters. The SMILES string of the molecule is CCC=CCC=CCC=CCC=CCC=CCC=CCCC(=O)NCC(=O)NC1CC(O)C(CO)OC1O. The molecule has 0 spiro atoms. The van der Waals surface area contributed by atoms with Gasteiger partial charge in [-0.2, -0.15) is 0 Å². The first-order valence-corrected chi connectivity index (χ1v) is 13.6. The lowest BCUT2D eigenvalue weighted by Crippen LogP contribution is -2.56. The van der Waals surface area contributed by atoms with Crippen LogP contribution in [0.15, 0.2) is 72.9 Å². The van der Waals surface area contributed by atoms with E-state index < -0.39 is 37.1 Å². The van der Waals surface area contributed by atoms with Crippen LogP contribution in [0.1, 0.15) is 64.7 Å². The van der Waals surface area contributed by atoms with E-state index in [2.05, 4.69) is 78.3 Å². The zero-order valence-electron chi connectivity index (χ0n) is 22.6. The number of rotatable bonds is 18. The average molecular weight is 531 g/mol. The molecule has 1 aliphatic rings. The fraction of sp³-hybridized carbons (Fsp3) is 0.533. The molecule has 8 nitrogen and oxygen atoms in total. The molecule has 1 aliphatic heterocycles. The molecule has 0 bridgehead atoms. The second-order valence-corrected chi connectivity index (χ2v) is 8.96. The highest BCUT2D eigenvalue weighted by atomic mass is 16.6. The van der Waals surface area contributed by atoms with Gasteiger partial charge >= 0.3 is 0 Å². The van der Waals surface area contributed by atoms with Gasteiger partial charge in [0.2, 0.25) is 11.8 Å². The number of hydrogen-bond acceptors (Lipinski definition) is 6. The van der Waals surface area contributed by atoms with Crippen molar-refractivity contribution in [3.63, 3.8) is 0 Å². The van der Waals surface area contributed by atoms with Crippen LogP contribution < -0.4 is 10.6 Å². The lowest BCUT2D eigenvalue weighted by atomic mass is 10.0. The monoisotopic (exact) mass is 530 g/mol. The summed E-state index contributed by atoms with van der Waals surface area (Å²) in [5.74, 6) is -0.741. The van der Waals surface area contributed by atoms with E-state index in [-0.39, 0.29) is 25.3 Å². The standard InChI is InChI=1S/C30H46N2O6/c1-2-3-4-5-6-7-8-9-10-11-12-13-14-15-16-17-18-19-20-21-28(35)31-23-29(36)32-25-22-26(34)27(24-33)38-30(25)37/h3-4,6-7,9-10,12-13,15-16,18-19,25-27,30,33-34,37H,2,5,8,11,14,17,20-24H2,1H3,(H,31,35)(H,32,36). The fourth-order valence-electron chi connectivity index (χ4n) is 3.57. The van der Waals surface area contributed by atoms with E-state index in [0.29, 0.717) is 6.42 Å². The Balaban J connectivity index is 2.05. The van der Waals surface area contributed by atoms with Crippen molar-refractivity contribution in [3.05, 3.63) is 72.9 Å². The van der Waals surface area contributed by atoms with Gasteiger partial charge in [0.15, 0.2) is 6.29 Å². The number of ether oxygens (including phenoxy) is 1. The average Bonchev–Trinajstić information content (AvgIpc) is 2.90. The van der Waals surface area contributed by atoms with Crippen molar-refractivity contribution in [1.82, 2.24) is 10.6 Å². The fourth-order valence-corrected chi connectivity index (χ4v) is 3.57. The Morgan fingerprint density at radius 1 is 0.789 bits per heavy atom. The van der Waals surface area contributed by atoms with Crippen molar-refractivity contribution in [2.24, 2.45) is 0 Å². The summed E-state index contributed by atoms with van der Waals surface area (Å²) in [6.07, 6.45) is 28.9. The summed E-state index contributed by atoms with van der Waals surface area (Å²) in [4.78, 5) is 23.9. The minimum atomic E-state index is -1.33. The zero-order chi connectivity index (χ0) is 27.8. The topological polar surface area (TPSA) is 128 Å². The number of allylic oxidation sites excluding steroid dienone is 12. The van der Waals surface area contributed by atoms with Crippen LogP contribution in [-0.2, 0) is 14.3 Å². The summed E-state index contributed by atoms with van der Waals surface area (Å²) in [6.45, 7) is 1.48. The zero-order valence-corrected chi connectivity index (χ0v) is 22.6. The van der Waals surface area contributed by atoms with Crippen LogP contribution in [0.3, 0.4) is 0 Å². The van der Waals surface area contributed by atoms with Gasteiger partial charge in [0.25, 0.3) is 0 Å². The van der Waals surface area contributed by atoms with Crippen molar-refractivity contribution in [2.45, 2.75) is 89.3 Å². The molecule has 5 N–H and O–H groups in total. The van der Waals surface area contributed by atoms with E-state index in [4.69, 9.17) is 9.84 Å². The molecule has 0 aliphatic carbocycles. The molecule has 4 unspecified atom stereocenters. The Morgan fingerprint density at radius 2 is 1.29 bits per heavy atom. The summed E-state index contributed by atoms with van der Waals surface area (Å²) in [5, 5.41) is 33.8. The summed E-state index contributed by atoms with van der Waals surface area (Å²) in [5.41, 5.74) is 0. The smallest absolute Gasteiger partial charge is 0.239 e. The summed E-state index contributed by atoms with van der Waals surface area (Å²) in [6, 6.07) is -0.809. The van der Waals surface area contributed by atoms with E-state index >= 15 is 0 Å². The molecule has 0 aromatic heterocycles. The highest BCUT2D eigenvalue weighted by molar-refractivity contribution is 5.84. The first kappa shape index (κ1) is 33.2. The van der Waals surface area contributed by atoms with Crippen LogP contribution in [0, 0.1) is 0 Å². The van der Waals surface area contributed by atoms with Crippen LogP contribution in [0.5, 0.6) is 0 Å². The van der Waals surface area contributed by atoms with Crippen LogP contribution >= 0.6 is 0 Å². The molecule has 212 valence electrons. The van der Waals surface area contributed by atoms with E-state index in [9.17, 15) is 19.8 Å². The lowest BCUT2D eigenvalue weighted by Gasteiger charge is -2.36. The summed E-state index contributed by atoms with van der Waals surface area (Å²) >= 11 is 0. The largest absolute Gasteiger partial charge is 0.394 e. The van der Waals surface area contributed by atoms with Gasteiger partial charge in [-0.3, -0.25) is 9.59 Å². The van der Waals surface area contributed by atoms with Crippen molar-refractivity contribution in [1.29, 1.82) is 0 Å². The van der Waals surface area contributed by atoms with Crippen LogP contribution in [-0.4, -0.2) is 64.8 Å². The van der Waals surface area contributed by atoms with Crippen LogP contribution in [0.4, 0.5) is 0 Å². The molecule has 8 heteroatoms. The molecule has 0 aromatic carbocycles.